The van der Waals surface area contributed by atoms with E-state index in [-0.39, 0.29) is 22.9 Å². The van der Waals surface area contributed by atoms with E-state index in [2.05, 4.69) is 76.4 Å². The van der Waals surface area contributed by atoms with Crippen LogP contribution in [0.15, 0.2) is 48.5 Å². The lowest BCUT2D eigenvalue weighted by Crippen LogP contribution is -2.42. The van der Waals surface area contributed by atoms with Crippen molar-refractivity contribution in [3.63, 3.8) is 0 Å². The molecule has 6 heteroatoms. The molecular formula is C28H35ClN4O. The van der Waals surface area contributed by atoms with E-state index in [0.29, 0.717) is 11.6 Å². The second kappa shape index (κ2) is 9.10. The molecule has 180 valence electrons. The molecule has 4 rings (SSSR count). The molecule has 2 amide bonds. The zero-order valence-corrected chi connectivity index (χ0v) is 21.8. The first kappa shape index (κ1) is 24.3. The number of urea groups is 1. The van der Waals surface area contributed by atoms with Crippen molar-refractivity contribution >= 4 is 17.6 Å². The van der Waals surface area contributed by atoms with Crippen LogP contribution in [-0.4, -0.2) is 21.9 Å². The van der Waals surface area contributed by atoms with Crippen molar-refractivity contribution in [2.24, 2.45) is 0 Å². The Kier molecular flexibility index (Phi) is 6.52. The Bertz CT molecular complexity index is 1200. The summed E-state index contributed by atoms with van der Waals surface area (Å²) in [5.41, 5.74) is 6.76. The van der Waals surface area contributed by atoms with Gasteiger partial charge in [0.15, 0.2) is 0 Å². The quantitative estimate of drug-likeness (QED) is 0.476. The molecule has 5 nitrogen and oxygen atoms in total. The molecule has 0 saturated heterocycles. The fraction of sp³-hybridized carbons (Fsp3) is 0.429. The Hall–Kier alpha value is -2.79. The van der Waals surface area contributed by atoms with Crippen LogP contribution < -0.4 is 10.6 Å². The highest BCUT2D eigenvalue weighted by Crippen LogP contribution is 2.29. The number of hydrogen-bond donors (Lipinski definition) is 2. The molecule has 1 aromatic heterocycles. The van der Waals surface area contributed by atoms with Crippen molar-refractivity contribution in [1.29, 1.82) is 0 Å². The van der Waals surface area contributed by atoms with Crippen LogP contribution in [0.3, 0.4) is 0 Å². The lowest BCUT2D eigenvalue weighted by atomic mass is 9.85. The van der Waals surface area contributed by atoms with Gasteiger partial charge < -0.3 is 10.6 Å². The summed E-state index contributed by atoms with van der Waals surface area (Å²) in [7, 11) is 0. The highest BCUT2D eigenvalue weighted by atomic mass is 35.5. The van der Waals surface area contributed by atoms with Gasteiger partial charge in [0.1, 0.15) is 0 Å². The van der Waals surface area contributed by atoms with Crippen LogP contribution in [0.1, 0.15) is 69.6 Å². The van der Waals surface area contributed by atoms with E-state index in [9.17, 15) is 4.79 Å². The van der Waals surface area contributed by atoms with Crippen LogP contribution in [0, 0.1) is 0 Å². The number of nitrogens with one attached hydrogen (secondary N) is 2. The predicted octanol–water partition coefficient (Wildman–Crippen LogP) is 6.09. The van der Waals surface area contributed by atoms with Crippen molar-refractivity contribution in [3.8, 4) is 5.69 Å². The number of aromatic nitrogens is 2. The number of hydrogen-bond acceptors (Lipinski definition) is 2. The average molecular weight is 479 g/mol. The SMILES string of the molecule is CC(C)(C)c1ccc2c(c1)CC(NC(=O)NCc1cc(C(C)(C)C)nn1-c1cccc(Cl)c1)C2. The minimum atomic E-state index is -0.162. The van der Waals surface area contributed by atoms with Crippen LogP contribution in [0.2, 0.25) is 5.02 Å². The summed E-state index contributed by atoms with van der Waals surface area (Å²) in [6, 6.07) is 16.3. The van der Waals surface area contributed by atoms with Gasteiger partial charge in [-0.05, 0) is 59.2 Å². The molecule has 2 aromatic carbocycles. The third-order valence-corrected chi connectivity index (χ3v) is 6.61. The predicted molar refractivity (Wildman–Crippen MR) is 139 cm³/mol. The van der Waals surface area contributed by atoms with Gasteiger partial charge in [-0.3, -0.25) is 0 Å². The molecule has 2 N–H and O–H groups in total. The van der Waals surface area contributed by atoms with Gasteiger partial charge in [-0.25, -0.2) is 9.48 Å². The van der Waals surface area contributed by atoms with Crippen molar-refractivity contribution in [2.45, 2.75) is 77.8 Å². The summed E-state index contributed by atoms with van der Waals surface area (Å²) in [6.45, 7) is 13.4. The number of carbonyl (C=O) groups is 1. The maximum atomic E-state index is 12.8. The molecule has 1 aliphatic rings. The summed E-state index contributed by atoms with van der Waals surface area (Å²) < 4.78 is 1.87. The third-order valence-electron chi connectivity index (χ3n) is 6.37. The van der Waals surface area contributed by atoms with Crippen LogP contribution >= 0.6 is 11.6 Å². The maximum absolute atomic E-state index is 12.8. The lowest BCUT2D eigenvalue weighted by molar-refractivity contribution is 0.236. The number of amides is 2. The monoisotopic (exact) mass is 478 g/mol. The van der Waals surface area contributed by atoms with Gasteiger partial charge in [-0.1, -0.05) is 77.4 Å². The molecule has 1 unspecified atom stereocenters. The minimum absolute atomic E-state index is 0.105. The number of benzene rings is 2. The van der Waals surface area contributed by atoms with Gasteiger partial charge in [-0.15, -0.1) is 0 Å². The van der Waals surface area contributed by atoms with E-state index >= 15 is 0 Å². The molecule has 0 fully saturated rings. The Morgan fingerprint density at radius 1 is 1.00 bits per heavy atom. The zero-order chi connectivity index (χ0) is 24.7. The Morgan fingerprint density at radius 3 is 2.41 bits per heavy atom. The summed E-state index contributed by atoms with van der Waals surface area (Å²) in [5.74, 6) is 0. The van der Waals surface area contributed by atoms with E-state index in [4.69, 9.17) is 16.7 Å². The van der Waals surface area contributed by atoms with Gasteiger partial charge in [0.2, 0.25) is 0 Å². The lowest BCUT2D eigenvalue weighted by Gasteiger charge is -2.19. The molecular weight excluding hydrogens is 444 g/mol. The first-order chi connectivity index (χ1) is 15.9. The highest BCUT2D eigenvalue weighted by molar-refractivity contribution is 6.30. The van der Waals surface area contributed by atoms with Gasteiger partial charge in [0, 0.05) is 16.5 Å². The largest absolute Gasteiger partial charge is 0.335 e. The first-order valence-electron chi connectivity index (χ1n) is 11.9. The highest BCUT2D eigenvalue weighted by Gasteiger charge is 2.25. The average Bonchev–Trinajstić information content (AvgIpc) is 3.34. The molecule has 0 saturated carbocycles. The van der Waals surface area contributed by atoms with Crippen molar-refractivity contribution < 1.29 is 4.79 Å². The van der Waals surface area contributed by atoms with Crippen molar-refractivity contribution in [1.82, 2.24) is 20.4 Å². The number of rotatable bonds is 4. The minimum Gasteiger partial charge on any atom is -0.335 e. The normalized spacial score (nSPS) is 15.8. The zero-order valence-electron chi connectivity index (χ0n) is 21.0. The number of nitrogens with zero attached hydrogens (tertiary/aromatic N) is 2. The molecule has 1 aliphatic carbocycles. The molecule has 0 radical (unpaired) electrons. The molecule has 3 aromatic rings. The Balaban J connectivity index is 1.43. The summed E-state index contributed by atoms with van der Waals surface area (Å²) in [6.07, 6.45) is 1.73. The van der Waals surface area contributed by atoms with Crippen LogP contribution in [-0.2, 0) is 30.2 Å². The fourth-order valence-electron chi connectivity index (χ4n) is 4.34. The van der Waals surface area contributed by atoms with Crippen LogP contribution in [0.5, 0.6) is 0 Å². The smallest absolute Gasteiger partial charge is 0.315 e. The molecule has 0 spiro atoms. The maximum Gasteiger partial charge on any atom is 0.315 e. The van der Waals surface area contributed by atoms with Gasteiger partial charge in [0.05, 0.1) is 23.6 Å². The van der Waals surface area contributed by atoms with Crippen LogP contribution in [0.4, 0.5) is 4.79 Å². The molecule has 0 aliphatic heterocycles. The fourth-order valence-corrected chi connectivity index (χ4v) is 4.52. The number of halogens is 1. The molecule has 1 atom stereocenters. The first-order valence-corrected chi connectivity index (χ1v) is 12.3. The van der Waals surface area contributed by atoms with Crippen molar-refractivity contribution in [3.05, 3.63) is 81.6 Å². The van der Waals surface area contributed by atoms with Gasteiger partial charge >= 0.3 is 6.03 Å². The topological polar surface area (TPSA) is 59.0 Å². The molecule has 0 bridgehead atoms. The van der Waals surface area contributed by atoms with Crippen molar-refractivity contribution in [2.75, 3.05) is 0 Å². The summed E-state index contributed by atoms with van der Waals surface area (Å²) >= 11 is 6.22. The second-order valence-corrected chi connectivity index (χ2v) is 11.8. The Morgan fingerprint density at radius 2 is 1.74 bits per heavy atom. The summed E-state index contributed by atoms with van der Waals surface area (Å²) in [5, 5.41) is 11.7. The number of fused-ring (bicyclic) bond motifs is 1. The van der Waals surface area contributed by atoms with E-state index in [1.807, 2.05) is 28.9 Å². The van der Waals surface area contributed by atoms with Crippen LogP contribution in [0.25, 0.3) is 5.69 Å². The van der Waals surface area contributed by atoms with E-state index in [1.54, 1.807) is 0 Å². The van der Waals surface area contributed by atoms with E-state index < -0.39 is 0 Å². The third kappa shape index (κ3) is 5.47. The van der Waals surface area contributed by atoms with Gasteiger partial charge in [0.25, 0.3) is 0 Å². The Labute approximate surface area is 207 Å². The van der Waals surface area contributed by atoms with E-state index in [0.717, 1.165) is 29.9 Å². The number of carbonyl (C=O) groups excluding carboxylic acids is 1. The second-order valence-electron chi connectivity index (χ2n) is 11.3. The molecule has 1 heterocycles. The standard InChI is InChI=1S/C28H35ClN4O/c1-27(2,3)20-11-10-18-13-22(14-19(18)12-20)31-26(34)30-17-24-16-25(28(4,5)6)32-33(24)23-9-7-8-21(29)15-23/h7-12,15-16,22H,13-14,17H2,1-6H3,(H2,30,31,34). The van der Waals surface area contributed by atoms with E-state index in [1.165, 1.54) is 16.7 Å². The summed E-state index contributed by atoms with van der Waals surface area (Å²) in [4.78, 5) is 12.8. The van der Waals surface area contributed by atoms with Gasteiger partial charge in [-0.2, -0.15) is 5.10 Å². The molecule has 34 heavy (non-hydrogen) atoms.